The average molecular weight is 295 g/mol. The van der Waals surface area contributed by atoms with Gasteiger partial charge in [0.25, 0.3) is 0 Å². The Morgan fingerprint density at radius 1 is 1.55 bits per heavy atom. The lowest BCUT2D eigenvalue weighted by Crippen LogP contribution is -2.47. The van der Waals surface area contributed by atoms with Crippen molar-refractivity contribution in [2.45, 2.75) is 6.92 Å². The molecule has 20 heavy (non-hydrogen) atoms. The Hall–Kier alpha value is -2.01. The summed E-state index contributed by atoms with van der Waals surface area (Å²) in [5, 5.41) is 6.12. The maximum atomic E-state index is 12.2. The van der Waals surface area contributed by atoms with E-state index >= 15 is 0 Å². The molecule has 1 rings (SSSR count). The summed E-state index contributed by atoms with van der Waals surface area (Å²) < 4.78 is 0. The van der Waals surface area contributed by atoms with Gasteiger partial charge in [-0.2, -0.15) is 0 Å². The molecule has 2 amide bonds. The molecule has 1 aromatic carbocycles. The molecule has 0 aliphatic carbocycles. The second kappa shape index (κ2) is 7.55. The minimum absolute atomic E-state index is 0.321. The van der Waals surface area contributed by atoms with E-state index in [9.17, 15) is 4.79 Å². The van der Waals surface area contributed by atoms with Crippen LogP contribution in [0.15, 0.2) is 35.8 Å². The van der Waals surface area contributed by atoms with Crippen molar-refractivity contribution in [1.29, 1.82) is 0 Å². The number of halogens is 1. The molecule has 6 heteroatoms. The molecule has 0 unspecified atom stereocenters. The molecule has 0 saturated carbocycles. The number of amides is 2. The second-order valence-corrected chi connectivity index (χ2v) is 4.54. The summed E-state index contributed by atoms with van der Waals surface area (Å²) >= 11 is 6.14. The highest BCUT2D eigenvalue weighted by molar-refractivity contribution is 6.34. The number of benzene rings is 1. The summed E-state index contributed by atoms with van der Waals surface area (Å²) in [4.78, 5) is 17.6. The number of guanidine groups is 1. The van der Waals surface area contributed by atoms with E-state index in [0.717, 1.165) is 5.56 Å². The highest BCUT2D eigenvalue weighted by Crippen LogP contribution is 2.28. The lowest BCUT2D eigenvalue weighted by Gasteiger charge is -2.21. The summed E-state index contributed by atoms with van der Waals surface area (Å²) in [5.74, 6) is 0.381. The van der Waals surface area contributed by atoms with Crippen molar-refractivity contribution in [2.75, 3.05) is 25.5 Å². The van der Waals surface area contributed by atoms with Crippen LogP contribution in [0, 0.1) is 6.92 Å². The number of anilines is 1. The van der Waals surface area contributed by atoms with Gasteiger partial charge in [-0.1, -0.05) is 29.8 Å². The zero-order valence-electron chi connectivity index (χ0n) is 11.9. The molecule has 0 bridgehead atoms. The maximum absolute atomic E-state index is 12.2. The number of hydrogen-bond donors (Lipinski definition) is 2. The van der Waals surface area contributed by atoms with Gasteiger partial charge in [-0.05, 0) is 18.6 Å². The predicted molar refractivity (Wildman–Crippen MR) is 84.7 cm³/mol. The van der Waals surface area contributed by atoms with Crippen molar-refractivity contribution in [3.63, 3.8) is 0 Å². The zero-order chi connectivity index (χ0) is 15.1. The number of aryl methyl sites for hydroxylation is 1. The van der Waals surface area contributed by atoms with Crippen molar-refractivity contribution in [2.24, 2.45) is 4.99 Å². The molecule has 0 aliphatic heterocycles. The maximum Gasteiger partial charge on any atom is 0.328 e. The first-order valence-corrected chi connectivity index (χ1v) is 6.50. The number of hydrogen-bond acceptors (Lipinski definition) is 2. The third-order valence-electron chi connectivity index (χ3n) is 2.69. The highest BCUT2D eigenvalue weighted by atomic mass is 35.5. The Balaban J connectivity index is 2.84. The molecule has 0 aromatic heterocycles. The van der Waals surface area contributed by atoms with E-state index in [1.165, 1.54) is 4.90 Å². The fraction of sp³-hybridized carbons (Fsp3) is 0.286. The van der Waals surface area contributed by atoms with E-state index in [1.807, 2.05) is 19.1 Å². The Labute approximate surface area is 124 Å². The number of para-hydroxylation sites is 1. The SMILES string of the molecule is C=CCNC(=NC)NC(=O)N(C)c1c(C)cccc1Cl. The van der Waals surface area contributed by atoms with Gasteiger partial charge in [0.05, 0.1) is 10.7 Å². The summed E-state index contributed by atoms with van der Waals surface area (Å²) in [6.45, 7) is 6.01. The molecule has 0 radical (unpaired) electrons. The number of nitrogens with one attached hydrogen (secondary N) is 2. The fourth-order valence-electron chi connectivity index (χ4n) is 1.68. The quantitative estimate of drug-likeness (QED) is 0.511. The third kappa shape index (κ3) is 3.99. The topological polar surface area (TPSA) is 56.7 Å². The van der Waals surface area contributed by atoms with Gasteiger partial charge in [-0.15, -0.1) is 6.58 Å². The Morgan fingerprint density at radius 3 is 2.80 bits per heavy atom. The Bertz CT molecular complexity index is 508. The third-order valence-corrected chi connectivity index (χ3v) is 3.00. The second-order valence-electron chi connectivity index (χ2n) is 4.14. The molecule has 0 atom stereocenters. The number of urea groups is 1. The lowest BCUT2D eigenvalue weighted by atomic mass is 10.2. The van der Waals surface area contributed by atoms with Gasteiger partial charge in [-0.3, -0.25) is 15.2 Å². The van der Waals surface area contributed by atoms with Gasteiger partial charge in [-0.25, -0.2) is 4.79 Å². The lowest BCUT2D eigenvalue weighted by molar-refractivity contribution is 0.251. The molecular formula is C14H19ClN4O. The summed E-state index contributed by atoms with van der Waals surface area (Å²) in [5.41, 5.74) is 1.59. The van der Waals surface area contributed by atoms with E-state index in [-0.39, 0.29) is 6.03 Å². The molecule has 0 saturated heterocycles. The Kier molecular flexibility index (Phi) is 6.06. The van der Waals surface area contributed by atoms with Gasteiger partial charge < -0.3 is 5.32 Å². The Morgan fingerprint density at radius 2 is 2.25 bits per heavy atom. The molecule has 0 aliphatic rings. The molecule has 0 fully saturated rings. The van der Waals surface area contributed by atoms with Crippen LogP contribution in [0.3, 0.4) is 0 Å². The molecule has 0 heterocycles. The fourth-order valence-corrected chi connectivity index (χ4v) is 2.03. The molecule has 0 spiro atoms. The standard InChI is InChI=1S/C14H19ClN4O/c1-5-9-17-13(16-3)18-14(20)19(4)12-10(2)7-6-8-11(12)15/h5-8H,1,9H2,2-4H3,(H2,16,17,18,20). The van der Waals surface area contributed by atoms with E-state index in [2.05, 4.69) is 22.2 Å². The number of carbonyl (C=O) groups excluding carboxylic acids is 1. The molecule has 5 nitrogen and oxygen atoms in total. The van der Waals surface area contributed by atoms with Crippen LogP contribution in [0.25, 0.3) is 0 Å². The van der Waals surface area contributed by atoms with Gasteiger partial charge in [0.15, 0.2) is 5.96 Å². The molecule has 1 aromatic rings. The minimum atomic E-state index is -0.321. The van der Waals surface area contributed by atoms with Gasteiger partial charge in [0, 0.05) is 20.6 Å². The number of carbonyl (C=O) groups is 1. The monoisotopic (exact) mass is 294 g/mol. The van der Waals surface area contributed by atoms with Crippen molar-refractivity contribution < 1.29 is 4.79 Å². The predicted octanol–water partition coefficient (Wildman–Crippen LogP) is 2.56. The van der Waals surface area contributed by atoms with Crippen molar-refractivity contribution in [3.05, 3.63) is 41.4 Å². The molecular weight excluding hydrogens is 276 g/mol. The van der Waals surface area contributed by atoms with E-state index in [0.29, 0.717) is 23.2 Å². The smallest absolute Gasteiger partial charge is 0.328 e. The van der Waals surface area contributed by atoms with Crippen LogP contribution in [0.5, 0.6) is 0 Å². The van der Waals surface area contributed by atoms with E-state index in [1.54, 1.807) is 26.2 Å². The first kappa shape index (κ1) is 16.0. The van der Waals surface area contributed by atoms with Crippen molar-refractivity contribution >= 4 is 29.3 Å². The molecule has 108 valence electrons. The summed E-state index contributed by atoms with van der Waals surface area (Å²) in [6.07, 6.45) is 1.68. The van der Waals surface area contributed by atoms with Crippen LogP contribution in [0.2, 0.25) is 5.02 Å². The van der Waals surface area contributed by atoms with Crippen LogP contribution in [-0.2, 0) is 0 Å². The first-order chi connectivity index (χ1) is 9.51. The minimum Gasteiger partial charge on any atom is -0.353 e. The van der Waals surface area contributed by atoms with Crippen molar-refractivity contribution in [1.82, 2.24) is 10.6 Å². The normalized spacial score (nSPS) is 10.9. The van der Waals surface area contributed by atoms with Gasteiger partial charge >= 0.3 is 6.03 Å². The number of rotatable bonds is 3. The largest absolute Gasteiger partial charge is 0.353 e. The number of nitrogens with zero attached hydrogens (tertiary/aromatic N) is 2. The van der Waals surface area contributed by atoms with Crippen LogP contribution in [-0.4, -0.2) is 32.6 Å². The average Bonchev–Trinajstić information content (AvgIpc) is 2.42. The van der Waals surface area contributed by atoms with Crippen LogP contribution in [0.1, 0.15) is 5.56 Å². The van der Waals surface area contributed by atoms with Gasteiger partial charge in [0.1, 0.15) is 0 Å². The van der Waals surface area contributed by atoms with Crippen LogP contribution >= 0.6 is 11.6 Å². The van der Waals surface area contributed by atoms with E-state index < -0.39 is 0 Å². The highest BCUT2D eigenvalue weighted by Gasteiger charge is 2.16. The first-order valence-electron chi connectivity index (χ1n) is 6.12. The summed E-state index contributed by atoms with van der Waals surface area (Å²) in [6, 6.07) is 5.17. The van der Waals surface area contributed by atoms with Crippen LogP contribution in [0.4, 0.5) is 10.5 Å². The van der Waals surface area contributed by atoms with Gasteiger partial charge in [0.2, 0.25) is 0 Å². The molecule has 2 N–H and O–H groups in total. The van der Waals surface area contributed by atoms with E-state index in [4.69, 9.17) is 11.6 Å². The van der Waals surface area contributed by atoms with Crippen LogP contribution < -0.4 is 15.5 Å². The van der Waals surface area contributed by atoms with Crippen molar-refractivity contribution in [3.8, 4) is 0 Å². The zero-order valence-corrected chi connectivity index (χ0v) is 12.7. The summed E-state index contributed by atoms with van der Waals surface area (Å²) in [7, 11) is 3.25. The number of aliphatic imine (C=N–C) groups is 1.